The molecule has 1 aliphatic carbocycles. The van der Waals surface area contributed by atoms with E-state index in [-0.39, 0.29) is 30.8 Å². The topological polar surface area (TPSA) is 75.7 Å². The molecule has 1 atom stereocenters. The second-order valence-corrected chi connectivity index (χ2v) is 6.90. The minimum absolute atomic E-state index is 0.162. The van der Waals surface area contributed by atoms with E-state index < -0.39 is 11.9 Å². The van der Waals surface area contributed by atoms with Crippen LogP contribution in [0.15, 0.2) is 18.2 Å². The third kappa shape index (κ3) is 3.95. The van der Waals surface area contributed by atoms with Gasteiger partial charge < -0.3 is 10.1 Å². The first-order valence-corrected chi connectivity index (χ1v) is 8.95. The maximum absolute atomic E-state index is 12.3. The number of amides is 3. The van der Waals surface area contributed by atoms with Gasteiger partial charge in [-0.1, -0.05) is 11.6 Å². The molecule has 1 heterocycles. The Kier molecular flexibility index (Phi) is 5.27. The van der Waals surface area contributed by atoms with Crippen LogP contribution in [0.25, 0.3) is 0 Å². The van der Waals surface area contributed by atoms with Crippen LogP contribution in [0.4, 0.5) is 5.69 Å². The zero-order valence-corrected chi connectivity index (χ0v) is 14.8. The molecular formula is C18H21ClN2O4. The van der Waals surface area contributed by atoms with Crippen LogP contribution in [0.3, 0.4) is 0 Å². The lowest BCUT2D eigenvalue weighted by atomic mass is 10.2. The predicted molar refractivity (Wildman–Crippen MR) is 93.5 cm³/mol. The van der Waals surface area contributed by atoms with Gasteiger partial charge in [-0.3, -0.25) is 19.3 Å². The highest BCUT2D eigenvalue weighted by Crippen LogP contribution is 2.32. The van der Waals surface area contributed by atoms with Gasteiger partial charge in [-0.25, -0.2) is 0 Å². The number of carbonyl (C=O) groups is 3. The van der Waals surface area contributed by atoms with Crippen molar-refractivity contribution in [1.29, 1.82) is 0 Å². The van der Waals surface area contributed by atoms with E-state index in [0.29, 0.717) is 16.5 Å². The van der Waals surface area contributed by atoms with Gasteiger partial charge in [-0.05, 0) is 50.8 Å². The van der Waals surface area contributed by atoms with E-state index in [0.717, 1.165) is 17.7 Å². The summed E-state index contributed by atoms with van der Waals surface area (Å²) in [5.41, 5.74) is 0.500. The number of hydrogen-bond donors (Lipinski definition) is 1. The van der Waals surface area contributed by atoms with Crippen molar-refractivity contribution in [3.63, 3.8) is 0 Å². The summed E-state index contributed by atoms with van der Waals surface area (Å²) in [4.78, 5) is 36.8. The van der Waals surface area contributed by atoms with E-state index >= 15 is 0 Å². The Hall–Kier alpha value is -2.08. The quantitative estimate of drug-likeness (QED) is 0.814. The van der Waals surface area contributed by atoms with Crippen LogP contribution >= 0.6 is 11.6 Å². The summed E-state index contributed by atoms with van der Waals surface area (Å²) in [6.07, 6.45) is 4.93. The molecule has 1 aliphatic heterocycles. The van der Waals surface area contributed by atoms with Crippen molar-refractivity contribution in [3.8, 4) is 5.75 Å². The second kappa shape index (κ2) is 7.44. The zero-order valence-electron chi connectivity index (χ0n) is 14.1. The van der Waals surface area contributed by atoms with Crippen molar-refractivity contribution >= 4 is 35.0 Å². The second-order valence-electron chi connectivity index (χ2n) is 6.49. The van der Waals surface area contributed by atoms with Crippen molar-refractivity contribution in [2.75, 3.05) is 5.32 Å². The molecule has 3 rings (SSSR count). The number of nitrogens with zero attached hydrogens (tertiary/aromatic N) is 1. The van der Waals surface area contributed by atoms with Crippen LogP contribution in [0.2, 0.25) is 5.02 Å². The van der Waals surface area contributed by atoms with Crippen LogP contribution in [0.1, 0.15) is 45.4 Å². The maximum atomic E-state index is 12.3. The minimum atomic E-state index is -0.851. The third-order valence-corrected chi connectivity index (χ3v) is 4.95. The summed E-state index contributed by atoms with van der Waals surface area (Å²) in [5, 5.41) is 3.12. The fourth-order valence-electron chi connectivity index (χ4n) is 3.25. The van der Waals surface area contributed by atoms with E-state index in [1.165, 1.54) is 19.8 Å². The van der Waals surface area contributed by atoms with Crippen LogP contribution in [-0.2, 0) is 14.4 Å². The number of ether oxygens (including phenoxy) is 1. The third-order valence-electron chi connectivity index (χ3n) is 4.65. The Morgan fingerprint density at radius 1 is 1.24 bits per heavy atom. The number of rotatable bonds is 5. The molecule has 2 fully saturated rings. The van der Waals surface area contributed by atoms with Gasteiger partial charge in [0.2, 0.25) is 17.7 Å². The van der Waals surface area contributed by atoms with Gasteiger partial charge in [0.15, 0.2) is 0 Å². The number of halogens is 1. The highest BCUT2D eigenvalue weighted by Gasteiger charge is 2.36. The molecule has 1 N–H and O–H groups in total. The van der Waals surface area contributed by atoms with Crippen molar-refractivity contribution in [3.05, 3.63) is 23.2 Å². The fraction of sp³-hybridized carbons (Fsp3) is 0.500. The molecule has 1 saturated heterocycles. The van der Waals surface area contributed by atoms with Crippen molar-refractivity contribution in [1.82, 2.24) is 4.90 Å². The van der Waals surface area contributed by atoms with Gasteiger partial charge in [0, 0.05) is 18.5 Å². The number of carbonyl (C=O) groups excluding carboxylic acids is 3. The molecule has 134 valence electrons. The van der Waals surface area contributed by atoms with E-state index in [1.807, 2.05) is 0 Å². The summed E-state index contributed by atoms with van der Waals surface area (Å²) in [7, 11) is 0. The molecule has 0 radical (unpaired) electrons. The molecule has 25 heavy (non-hydrogen) atoms. The van der Waals surface area contributed by atoms with Crippen LogP contribution in [0.5, 0.6) is 5.75 Å². The Bertz CT molecular complexity index is 684. The highest BCUT2D eigenvalue weighted by atomic mass is 35.5. The Morgan fingerprint density at radius 3 is 2.48 bits per heavy atom. The lowest BCUT2D eigenvalue weighted by Gasteiger charge is -2.22. The predicted octanol–water partition coefficient (Wildman–Crippen LogP) is 3.14. The summed E-state index contributed by atoms with van der Waals surface area (Å²) < 4.78 is 5.88. The van der Waals surface area contributed by atoms with Gasteiger partial charge in [0.1, 0.15) is 11.8 Å². The monoisotopic (exact) mass is 364 g/mol. The van der Waals surface area contributed by atoms with Gasteiger partial charge in [-0.2, -0.15) is 0 Å². The molecule has 0 aromatic heterocycles. The van der Waals surface area contributed by atoms with E-state index in [4.69, 9.17) is 16.3 Å². The molecule has 3 amide bonds. The first kappa shape index (κ1) is 17.7. The van der Waals surface area contributed by atoms with Crippen molar-refractivity contribution < 1.29 is 19.1 Å². The van der Waals surface area contributed by atoms with E-state index in [1.54, 1.807) is 18.2 Å². The lowest BCUT2D eigenvalue weighted by molar-refractivity contribution is -0.144. The molecular weight excluding hydrogens is 344 g/mol. The molecule has 2 aliphatic rings. The first-order chi connectivity index (χ1) is 12.0. The van der Waals surface area contributed by atoms with Gasteiger partial charge in [0.25, 0.3) is 0 Å². The average Bonchev–Trinajstić information content (AvgIpc) is 3.19. The molecule has 0 bridgehead atoms. The minimum Gasteiger partial charge on any atom is -0.489 e. The lowest BCUT2D eigenvalue weighted by Crippen LogP contribution is -2.44. The van der Waals surface area contributed by atoms with E-state index in [2.05, 4.69) is 5.32 Å². The Balaban J connectivity index is 1.64. The number of nitrogens with one attached hydrogen (secondary N) is 1. The number of imide groups is 1. The SMILES string of the molecule is CC(C(=O)Nc1ccc(OC2CCCC2)c(Cl)c1)N1C(=O)CCC1=O. The molecule has 1 saturated carbocycles. The first-order valence-electron chi connectivity index (χ1n) is 8.57. The Labute approximate surface area is 151 Å². The summed E-state index contributed by atoms with van der Waals surface area (Å²) in [5.74, 6) is -0.453. The summed E-state index contributed by atoms with van der Waals surface area (Å²) in [6, 6.07) is 4.20. The van der Waals surface area contributed by atoms with Gasteiger partial charge in [-0.15, -0.1) is 0 Å². The maximum Gasteiger partial charge on any atom is 0.247 e. The largest absolute Gasteiger partial charge is 0.489 e. The number of benzene rings is 1. The number of anilines is 1. The average molecular weight is 365 g/mol. The summed E-state index contributed by atoms with van der Waals surface area (Å²) >= 11 is 6.25. The molecule has 1 unspecified atom stereocenters. The number of hydrogen-bond acceptors (Lipinski definition) is 4. The highest BCUT2D eigenvalue weighted by molar-refractivity contribution is 6.32. The smallest absolute Gasteiger partial charge is 0.247 e. The van der Waals surface area contributed by atoms with Crippen LogP contribution in [-0.4, -0.2) is 34.8 Å². The van der Waals surface area contributed by atoms with Gasteiger partial charge in [0.05, 0.1) is 11.1 Å². The normalized spacial score (nSPS) is 19.4. The number of likely N-dealkylation sites (tertiary alicyclic amines) is 1. The standard InChI is InChI=1S/C18H21ClN2O4/c1-11(21-16(22)8-9-17(21)23)18(24)20-12-6-7-15(14(19)10-12)25-13-4-2-3-5-13/h6-7,10-11,13H,2-5,8-9H2,1H3,(H,20,24). The molecule has 6 nitrogen and oxygen atoms in total. The van der Waals surface area contributed by atoms with Crippen molar-refractivity contribution in [2.45, 2.75) is 57.6 Å². The molecule has 0 spiro atoms. The molecule has 7 heteroatoms. The van der Waals surface area contributed by atoms with Crippen molar-refractivity contribution in [2.24, 2.45) is 0 Å². The van der Waals surface area contributed by atoms with Crippen LogP contribution < -0.4 is 10.1 Å². The fourth-order valence-corrected chi connectivity index (χ4v) is 3.47. The Morgan fingerprint density at radius 2 is 1.88 bits per heavy atom. The zero-order chi connectivity index (χ0) is 18.0. The van der Waals surface area contributed by atoms with Crippen LogP contribution in [0, 0.1) is 0 Å². The van der Waals surface area contributed by atoms with Gasteiger partial charge >= 0.3 is 0 Å². The summed E-state index contributed by atoms with van der Waals surface area (Å²) in [6.45, 7) is 1.54. The molecule has 1 aromatic rings. The van der Waals surface area contributed by atoms with E-state index in [9.17, 15) is 14.4 Å². The molecule has 1 aromatic carbocycles.